The summed E-state index contributed by atoms with van der Waals surface area (Å²) in [5, 5.41) is 5.80. The summed E-state index contributed by atoms with van der Waals surface area (Å²) in [6.07, 6.45) is 5.28. The number of hydrogen-bond acceptors (Lipinski definition) is 2. The smallest absolute Gasteiger partial charge is 0.0927 e. The summed E-state index contributed by atoms with van der Waals surface area (Å²) in [6.45, 7) is 0. The van der Waals surface area contributed by atoms with Gasteiger partial charge in [-0.05, 0) is 31.0 Å². The predicted molar refractivity (Wildman–Crippen MR) is 66.3 cm³/mol. The van der Waals surface area contributed by atoms with E-state index in [-0.39, 0.29) is 0 Å². The summed E-state index contributed by atoms with van der Waals surface area (Å²) < 4.78 is 2.04. The van der Waals surface area contributed by atoms with Crippen molar-refractivity contribution in [2.24, 2.45) is 7.05 Å². The highest BCUT2D eigenvalue weighted by molar-refractivity contribution is 5.85. The van der Waals surface area contributed by atoms with E-state index in [4.69, 9.17) is 5.73 Å². The molecule has 3 rings (SSSR count). The average molecular weight is 215 g/mol. The third-order valence-electron chi connectivity index (χ3n) is 3.64. The zero-order valence-electron chi connectivity index (χ0n) is 9.61. The highest BCUT2D eigenvalue weighted by atomic mass is 15.3. The van der Waals surface area contributed by atoms with E-state index in [9.17, 15) is 0 Å². The molecule has 0 unspecified atom stereocenters. The van der Waals surface area contributed by atoms with E-state index in [1.54, 1.807) is 0 Å². The van der Waals surface area contributed by atoms with Gasteiger partial charge in [-0.2, -0.15) is 5.10 Å². The highest BCUT2D eigenvalue weighted by Crippen LogP contribution is 2.37. The molecule has 0 bridgehead atoms. The first-order chi connectivity index (χ1) is 7.75. The molecule has 1 aliphatic carbocycles. The third-order valence-corrected chi connectivity index (χ3v) is 3.64. The second kappa shape index (κ2) is 3.51. The normalized spacial score (nSPS) is 17.3. The molecule has 1 saturated carbocycles. The Bertz CT molecular complexity index is 521. The van der Waals surface area contributed by atoms with E-state index in [1.165, 1.54) is 36.8 Å². The van der Waals surface area contributed by atoms with Crippen LogP contribution in [0.1, 0.15) is 37.3 Å². The molecule has 0 atom stereocenters. The van der Waals surface area contributed by atoms with Gasteiger partial charge >= 0.3 is 0 Å². The lowest BCUT2D eigenvalue weighted by Crippen LogP contribution is -2.02. The number of nitrogens with two attached hydrogens (primary N) is 1. The number of aromatic nitrogens is 2. The van der Waals surface area contributed by atoms with Gasteiger partial charge in [0.2, 0.25) is 0 Å². The largest absolute Gasteiger partial charge is 0.399 e. The van der Waals surface area contributed by atoms with Crippen molar-refractivity contribution in [3.63, 3.8) is 0 Å². The molecule has 84 valence electrons. The van der Waals surface area contributed by atoms with Crippen molar-refractivity contribution in [2.75, 3.05) is 5.73 Å². The van der Waals surface area contributed by atoms with Gasteiger partial charge in [0.1, 0.15) is 0 Å². The predicted octanol–water partition coefficient (Wildman–Crippen LogP) is 2.81. The number of hydrogen-bond donors (Lipinski definition) is 1. The Labute approximate surface area is 95.2 Å². The van der Waals surface area contributed by atoms with Gasteiger partial charge in [0.05, 0.1) is 5.52 Å². The van der Waals surface area contributed by atoms with Crippen molar-refractivity contribution < 1.29 is 0 Å². The molecule has 1 fully saturated rings. The van der Waals surface area contributed by atoms with Crippen molar-refractivity contribution in [2.45, 2.75) is 31.6 Å². The van der Waals surface area contributed by atoms with Gasteiger partial charge in [-0.1, -0.05) is 12.8 Å². The molecular formula is C13H17N3. The standard InChI is InChI=1S/C13H17N3/c1-16-13(9-4-2-3-5-9)11-8-10(14)6-7-12(11)15-16/h6-9H,2-5,14H2,1H3. The number of fused-ring (bicyclic) bond motifs is 1. The molecule has 1 heterocycles. The van der Waals surface area contributed by atoms with Crippen molar-refractivity contribution in [3.8, 4) is 0 Å². The number of aryl methyl sites for hydroxylation is 1. The van der Waals surface area contributed by atoms with Crippen molar-refractivity contribution in [3.05, 3.63) is 23.9 Å². The molecule has 1 aromatic carbocycles. The fourth-order valence-corrected chi connectivity index (χ4v) is 2.92. The first-order valence-electron chi connectivity index (χ1n) is 5.98. The van der Waals surface area contributed by atoms with Crippen molar-refractivity contribution >= 4 is 16.6 Å². The Morgan fingerprint density at radius 3 is 2.81 bits per heavy atom. The van der Waals surface area contributed by atoms with E-state index in [0.717, 1.165) is 11.2 Å². The topological polar surface area (TPSA) is 43.8 Å². The van der Waals surface area contributed by atoms with Crippen LogP contribution in [0.4, 0.5) is 5.69 Å². The minimum Gasteiger partial charge on any atom is -0.399 e. The molecule has 0 aliphatic heterocycles. The first kappa shape index (κ1) is 9.70. The van der Waals surface area contributed by atoms with E-state index in [2.05, 4.69) is 11.2 Å². The fourth-order valence-electron chi connectivity index (χ4n) is 2.92. The summed E-state index contributed by atoms with van der Waals surface area (Å²) >= 11 is 0. The summed E-state index contributed by atoms with van der Waals surface area (Å²) in [4.78, 5) is 0. The molecule has 2 N–H and O–H groups in total. The summed E-state index contributed by atoms with van der Waals surface area (Å²) in [5.74, 6) is 0.678. The molecule has 16 heavy (non-hydrogen) atoms. The lowest BCUT2D eigenvalue weighted by molar-refractivity contribution is 0.623. The Hall–Kier alpha value is -1.51. The number of benzene rings is 1. The number of rotatable bonds is 1. The summed E-state index contributed by atoms with van der Waals surface area (Å²) in [7, 11) is 2.05. The van der Waals surface area contributed by atoms with E-state index < -0.39 is 0 Å². The zero-order valence-corrected chi connectivity index (χ0v) is 9.61. The van der Waals surface area contributed by atoms with Gasteiger partial charge in [0.15, 0.2) is 0 Å². The number of nitrogens with zero attached hydrogens (tertiary/aromatic N) is 2. The van der Waals surface area contributed by atoms with Crippen LogP contribution in [0.15, 0.2) is 18.2 Å². The molecule has 0 spiro atoms. The van der Waals surface area contributed by atoms with Crippen LogP contribution in [-0.2, 0) is 7.05 Å². The molecule has 0 amide bonds. The van der Waals surface area contributed by atoms with Crippen LogP contribution in [0, 0.1) is 0 Å². The maximum atomic E-state index is 5.86. The average Bonchev–Trinajstić information content (AvgIpc) is 2.83. The van der Waals surface area contributed by atoms with Crippen LogP contribution in [-0.4, -0.2) is 9.78 Å². The van der Waals surface area contributed by atoms with Crippen LogP contribution in [0.2, 0.25) is 0 Å². The number of nitrogen functional groups attached to an aromatic ring is 1. The Morgan fingerprint density at radius 1 is 1.31 bits per heavy atom. The fraction of sp³-hybridized carbons (Fsp3) is 0.462. The second-order valence-corrected chi connectivity index (χ2v) is 4.77. The van der Waals surface area contributed by atoms with Gasteiger partial charge in [-0.25, -0.2) is 0 Å². The summed E-state index contributed by atoms with van der Waals surface area (Å²) in [5.41, 5.74) is 9.14. The monoisotopic (exact) mass is 215 g/mol. The minimum absolute atomic E-state index is 0.678. The van der Waals surface area contributed by atoms with Gasteiger partial charge < -0.3 is 5.73 Å². The molecule has 1 aliphatic rings. The molecule has 3 heteroatoms. The Kier molecular flexibility index (Phi) is 2.13. The van der Waals surface area contributed by atoms with Gasteiger partial charge in [0, 0.05) is 29.7 Å². The van der Waals surface area contributed by atoms with Crippen molar-refractivity contribution in [1.29, 1.82) is 0 Å². The lowest BCUT2D eigenvalue weighted by atomic mass is 10.00. The van der Waals surface area contributed by atoms with Gasteiger partial charge in [-0.15, -0.1) is 0 Å². The molecule has 2 aromatic rings. The first-order valence-corrected chi connectivity index (χ1v) is 5.98. The Morgan fingerprint density at radius 2 is 2.06 bits per heavy atom. The second-order valence-electron chi connectivity index (χ2n) is 4.77. The maximum Gasteiger partial charge on any atom is 0.0927 e. The van der Waals surface area contributed by atoms with Crippen LogP contribution < -0.4 is 5.73 Å². The molecular weight excluding hydrogens is 198 g/mol. The lowest BCUT2D eigenvalue weighted by Gasteiger charge is -2.10. The molecule has 0 saturated heterocycles. The summed E-state index contributed by atoms with van der Waals surface area (Å²) in [6, 6.07) is 6.01. The quantitative estimate of drug-likeness (QED) is 0.743. The van der Waals surface area contributed by atoms with Crippen LogP contribution in [0.5, 0.6) is 0 Å². The molecule has 0 radical (unpaired) electrons. The van der Waals surface area contributed by atoms with E-state index in [1.807, 2.05) is 23.9 Å². The van der Waals surface area contributed by atoms with Crippen molar-refractivity contribution in [1.82, 2.24) is 9.78 Å². The SMILES string of the molecule is Cn1nc2ccc(N)cc2c1C1CCCC1. The van der Waals surface area contributed by atoms with Gasteiger partial charge in [0.25, 0.3) is 0 Å². The zero-order chi connectivity index (χ0) is 11.1. The highest BCUT2D eigenvalue weighted by Gasteiger charge is 2.22. The molecule has 1 aromatic heterocycles. The van der Waals surface area contributed by atoms with Crippen LogP contribution in [0.3, 0.4) is 0 Å². The number of anilines is 1. The van der Waals surface area contributed by atoms with Crippen LogP contribution in [0.25, 0.3) is 10.9 Å². The third kappa shape index (κ3) is 1.39. The Balaban J connectivity index is 2.20. The minimum atomic E-state index is 0.678. The van der Waals surface area contributed by atoms with Crippen LogP contribution >= 0.6 is 0 Å². The van der Waals surface area contributed by atoms with E-state index >= 15 is 0 Å². The molecule has 3 nitrogen and oxygen atoms in total. The van der Waals surface area contributed by atoms with Gasteiger partial charge in [-0.3, -0.25) is 4.68 Å². The maximum absolute atomic E-state index is 5.86. The van der Waals surface area contributed by atoms with E-state index in [0.29, 0.717) is 5.92 Å².